The molecule has 1 aromatic heterocycles. The Morgan fingerprint density at radius 1 is 1.53 bits per heavy atom. The van der Waals surface area contributed by atoms with Crippen LogP contribution in [0.5, 0.6) is 0 Å². The molecule has 4 heteroatoms. The Hall–Kier alpha value is -0.740. The third kappa shape index (κ3) is 3.13. The first-order valence-electron chi connectivity index (χ1n) is 6.19. The molecule has 94 valence electrons. The van der Waals surface area contributed by atoms with Gasteiger partial charge in [-0.1, -0.05) is 12.8 Å². The first kappa shape index (κ1) is 12.7. The van der Waals surface area contributed by atoms with Gasteiger partial charge in [-0.05, 0) is 26.8 Å². The largest absolute Gasteiger partial charge is 0.303 e. The number of aromatic nitrogens is 1. The van der Waals surface area contributed by atoms with Gasteiger partial charge in [-0.15, -0.1) is 11.3 Å². The van der Waals surface area contributed by atoms with Crippen molar-refractivity contribution in [1.82, 2.24) is 9.88 Å². The van der Waals surface area contributed by atoms with Gasteiger partial charge < -0.3 is 4.79 Å². The van der Waals surface area contributed by atoms with Crippen molar-refractivity contribution in [2.75, 3.05) is 13.6 Å². The average molecular weight is 252 g/mol. The van der Waals surface area contributed by atoms with Gasteiger partial charge in [0.1, 0.15) is 6.29 Å². The molecule has 0 unspecified atom stereocenters. The van der Waals surface area contributed by atoms with E-state index in [4.69, 9.17) is 0 Å². The number of aldehydes is 1. The van der Waals surface area contributed by atoms with E-state index < -0.39 is 0 Å². The minimum absolute atomic E-state index is 0.0835. The summed E-state index contributed by atoms with van der Waals surface area (Å²) in [6.07, 6.45) is 5.68. The highest BCUT2D eigenvalue weighted by Gasteiger charge is 2.34. The molecule has 3 nitrogen and oxygen atoms in total. The fraction of sp³-hybridized carbons (Fsp3) is 0.692. The molecule has 1 aliphatic rings. The standard InChI is InChI=1S/C13H20N2OS/c1-11-14-12(8-17-11)7-15(2)9-13(10-16)5-3-4-6-13/h8,10H,3-7,9H2,1-2H3. The number of aryl methyl sites for hydroxylation is 1. The highest BCUT2D eigenvalue weighted by Crippen LogP contribution is 2.36. The molecule has 0 aliphatic heterocycles. The van der Waals surface area contributed by atoms with Gasteiger partial charge in [0.2, 0.25) is 0 Å². The topological polar surface area (TPSA) is 33.2 Å². The van der Waals surface area contributed by atoms with Crippen molar-refractivity contribution in [3.05, 3.63) is 16.1 Å². The number of nitrogens with zero attached hydrogens (tertiary/aromatic N) is 2. The van der Waals surface area contributed by atoms with Crippen molar-refractivity contribution < 1.29 is 4.79 Å². The number of rotatable bonds is 5. The van der Waals surface area contributed by atoms with Crippen LogP contribution in [0, 0.1) is 12.3 Å². The van der Waals surface area contributed by atoms with E-state index in [-0.39, 0.29) is 5.41 Å². The van der Waals surface area contributed by atoms with E-state index in [0.29, 0.717) is 0 Å². The van der Waals surface area contributed by atoms with Gasteiger partial charge >= 0.3 is 0 Å². The second-order valence-corrected chi connectivity index (χ2v) is 6.28. The zero-order valence-corrected chi connectivity index (χ0v) is 11.4. The van der Waals surface area contributed by atoms with Crippen molar-refractivity contribution in [2.45, 2.75) is 39.2 Å². The molecule has 1 fully saturated rings. The maximum atomic E-state index is 11.3. The van der Waals surface area contributed by atoms with Gasteiger partial charge in [0, 0.05) is 23.9 Å². The Morgan fingerprint density at radius 3 is 2.76 bits per heavy atom. The lowest BCUT2D eigenvalue weighted by Crippen LogP contribution is -2.34. The van der Waals surface area contributed by atoms with E-state index in [9.17, 15) is 4.79 Å². The monoisotopic (exact) mass is 252 g/mol. The van der Waals surface area contributed by atoms with Crippen LogP contribution >= 0.6 is 11.3 Å². The first-order valence-corrected chi connectivity index (χ1v) is 7.07. The van der Waals surface area contributed by atoms with Crippen LogP contribution in [-0.2, 0) is 11.3 Å². The lowest BCUT2D eigenvalue weighted by atomic mass is 9.87. The average Bonchev–Trinajstić information content (AvgIpc) is 2.89. The SMILES string of the molecule is Cc1nc(CN(C)CC2(C=O)CCCC2)cs1. The van der Waals surface area contributed by atoms with E-state index in [2.05, 4.69) is 22.3 Å². The molecule has 2 rings (SSSR count). The zero-order chi connectivity index (χ0) is 12.3. The van der Waals surface area contributed by atoms with Crippen LogP contribution in [0.1, 0.15) is 36.4 Å². The number of hydrogen-bond donors (Lipinski definition) is 0. The van der Waals surface area contributed by atoms with Crippen LogP contribution in [0.4, 0.5) is 0 Å². The molecular weight excluding hydrogens is 232 g/mol. The fourth-order valence-corrected chi connectivity index (χ4v) is 3.35. The summed E-state index contributed by atoms with van der Waals surface area (Å²) >= 11 is 1.69. The summed E-state index contributed by atoms with van der Waals surface area (Å²) in [6.45, 7) is 3.74. The first-order chi connectivity index (χ1) is 8.13. The molecule has 1 saturated carbocycles. The number of hydrogen-bond acceptors (Lipinski definition) is 4. The smallest absolute Gasteiger partial charge is 0.127 e. The van der Waals surface area contributed by atoms with Crippen LogP contribution in [-0.4, -0.2) is 29.8 Å². The predicted molar refractivity (Wildman–Crippen MR) is 70.2 cm³/mol. The molecule has 1 heterocycles. The second kappa shape index (κ2) is 5.27. The number of carbonyl (C=O) groups is 1. The molecule has 1 aliphatic carbocycles. The van der Waals surface area contributed by atoms with Crippen LogP contribution in [0.15, 0.2) is 5.38 Å². The second-order valence-electron chi connectivity index (χ2n) is 5.22. The normalized spacial score (nSPS) is 18.8. The van der Waals surface area contributed by atoms with Crippen molar-refractivity contribution in [3.8, 4) is 0 Å². The summed E-state index contributed by atoms with van der Waals surface area (Å²) in [5, 5.41) is 3.22. The van der Waals surface area contributed by atoms with Crippen molar-refractivity contribution in [2.24, 2.45) is 5.41 Å². The van der Waals surface area contributed by atoms with Gasteiger partial charge in [0.25, 0.3) is 0 Å². The maximum absolute atomic E-state index is 11.3. The van der Waals surface area contributed by atoms with Gasteiger partial charge in [0.15, 0.2) is 0 Å². The molecule has 0 saturated heterocycles. The summed E-state index contributed by atoms with van der Waals surface area (Å²) in [5.41, 5.74) is 1.04. The lowest BCUT2D eigenvalue weighted by molar-refractivity contribution is -0.116. The molecular formula is C13H20N2OS. The van der Waals surface area contributed by atoms with Crippen molar-refractivity contribution in [3.63, 3.8) is 0 Å². The maximum Gasteiger partial charge on any atom is 0.127 e. The highest BCUT2D eigenvalue weighted by molar-refractivity contribution is 7.09. The molecule has 1 aromatic rings. The summed E-state index contributed by atoms with van der Waals surface area (Å²) in [6, 6.07) is 0. The highest BCUT2D eigenvalue weighted by atomic mass is 32.1. The van der Waals surface area contributed by atoms with E-state index in [1.807, 2.05) is 6.92 Å². The minimum Gasteiger partial charge on any atom is -0.303 e. The van der Waals surface area contributed by atoms with Gasteiger partial charge in [-0.3, -0.25) is 4.90 Å². The van der Waals surface area contributed by atoms with E-state index in [1.54, 1.807) is 11.3 Å². The minimum atomic E-state index is -0.0835. The third-order valence-electron chi connectivity index (χ3n) is 3.53. The van der Waals surface area contributed by atoms with Crippen molar-refractivity contribution in [1.29, 1.82) is 0 Å². The summed E-state index contributed by atoms with van der Waals surface area (Å²) in [5.74, 6) is 0. The van der Waals surface area contributed by atoms with Crippen LogP contribution in [0.2, 0.25) is 0 Å². The Bertz CT molecular complexity index is 383. The summed E-state index contributed by atoms with van der Waals surface area (Å²) in [4.78, 5) is 18.0. The lowest BCUT2D eigenvalue weighted by Gasteiger charge is -2.27. The van der Waals surface area contributed by atoms with Gasteiger partial charge in [-0.25, -0.2) is 4.98 Å². The molecule has 0 amide bonds. The van der Waals surface area contributed by atoms with Gasteiger partial charge in [-0.2, -0.15) is 0 Å². The molecule has 0 atom stereocenters. The zero-order valence-electron chi connectivity index (χ0n) is 10.6. The predicted octanol–water partition coefficient (Wildman–Crippen LogP) is 2.64. The molecule has 0 bridgehead atoms. The Labute approximate surface area is 107 Å². The molecule has 0 spiro atoms. The van der Waals surface area contributed by atoms with Crippen molar-refractivity contribution >= 4 is 17.6 Å². The molecule has 0 radical (unpaired) electrons. The molecule has 0 N–H and O–H groups in total. The Morgan fingerprint density at radius 2 is 2.24 bits per heavy atom. The number of carbonyl (C=O) groups excluding carboxylic acids is 1. The van der Waals surface area contributed by atoms with E-state index >= 15 is 0 Å². The van der Waals surface area contributed by atoms with Crippen LogP contribution < -0.4 is 0 Å². The molecule has 0 aromatic carbocycles. The molecule has 17 heavy (non-hydrogen) atoms. The Kier molecular flexibility index (Phi) is 3.94. The summed E-state index contributed by atoms with van der Waals surface area (Å²) < 4.78 is 0. The number of thiazole rings is 1. The van der Waals surface area contributed by atoms with Gasteiger partial charge in [0.05, 0.1) is 10.7 Å². The van der Waals surface area contributed by atoms with Crippen LogP contribution in [0.25, 0.3) is 0 Å². The Balaban J connectivity index is 1.92. The quantitative estimate of drug-likeness (QED) is 0.755. The fourth-order valence-electron chi connectivity index (χ4n) is 2.74. The van der Waals surface area contributed by atoms with E-state index in [0.717, 1.165) is 36.6 Å². The van der Waals surface area contributed by atoms with Crippen LogP contribution in [0.3, 0.4) is 0 Å². The van der Waals surface area contributed by atoms with E-state index in [1.165, 1.54) is 19.1 Å². The third-order valence-corrected chi connectivity index (χ3v) is 4.35. The summed E-state index contributed by atoms with van der Waals surface area (Å²) in [7, 11) is 2.08.